The second kappa shape index (κ2) is 8.75. The number of ether oxygens (including phenoxy) is 2. The molecule has 0 atom stereocenters. The third-order valence-electron chi connectivity index (χ3n) is 5.29. The maximum atomic E-state index is 12.8. The molecule has 0 bridgehead atoms. The number of aryl methyl sites for hydroxylation is 1. The Kier molecular flexibility index (Phi) is 5.90. The molecule has 6 nitrogen and oxygen atoms in total. The van der Waals surface area contributed by atoms with E-state index in [0.29, 0.717) is 24.6 Å². The van der Waals surface area contributed by atoms with Gasteiger partial charge in [-0.2, -0.15) is 0 Å². The van der Waals surface area contributed by atoms with Crippen molar-refractivity contribution in [1.29, 1.82) is 0 Å². The summed E-state index contributed by atoms with van der Waals surface area (Å²) in [5.41, 5.74) is 4.07. The number of methoxy groups -OCH3 is 2. The van der Waals surface area contributed by atoms with Gasteiger partial charge in [-0.05, 0) is 36.2 Å². The monoisotopic (exact) mass is 423 g/mol. The molecule has 0 fully saturated rings. The highest BCUT2D eigenvalue weighted by Crippen LogP contribution is 2.36. The fourth-order valence-corrected chi connectivity index (χ4v) is 4.73. The van der Waals surface area contributed by atoms with Crippen molar-refractivity contribution >= 4 is 23.1 Å². The summed E-state index contributed by atoms with van der Waals surface area (Å²) < 4.78 is 10.7. The van der Waals surface area contributed by atoms with Crippen LogP contribution in [0.3, 0.4) is 0 Å². The minimum atomic E-state index is -0.0670. The molecule has 0 radical (unpaired) electrons. The minimum absolute atomic E-state index is 0.0670. The van der Waals surface area contributed by atoms with Gasteiger partial charge in [0.2, 0.25) is 0 Å². The van der Waals surface area contributed by atoms with Crippen LogP contribution in [-0.2, 0) is 19.4 Å². The van der Waals surface area contributed by atoms with Crippen LogP contribution in [0.1, 0.15) is 23.1 Å². The van der Waals surface area contributed by atoms with Gasteiger partial charge in [0.25, 0.3) is 0 Å². The number of aromatic nitrogens is 1. The normalized spacial score (nSPS) is 13.0. The second-order valence-electron chi connectivity index (χ2n) is 7.07. The second-order valence-corrected chi connectivity index (χ2v) is 8.15. The summed E-state index contributed by atoms with van der Waals surface area (Å²) in [5, 5.41) is 4.00. The maximum absolute atomic E-state index is 12.8. The Labute approximate surface area is 180 Å². The zero-order valence-electron chi connectivity index (χ0n) is 17.4. The third kappa shape index (κ3) is 3.98. The molecule has 7 heteroatoms. The Balaban J connectivity index is 1.51. The lowest BCUT2D eigenvalue weighted by molar-refractivity contribution is 0.207. The zero-order valence-corrected chi connectivity index (χ0v) is 18.2. The van der Waals surface area contributed by atoms with E-state index in [1.165, 1.54) is 0 Å². The van der Waals surface area contributed by atoms with E-state index in [0.717, 1.165) is 45.2 Å². The van der Waals surface area contributed by atoms with E-state index in [4.69, 9.17) is 14.5 Å². The topological polar surface area (TPSA) is 63.7 Å². The molecule has 0 saturated heterocycles. The lowest BCUT2D eigenvalue weighted by Gasteiger charge is -2.26. The average Bonchev–Trinajstić information content (AvgIpc) is 3.22. The smallest absolute Gasteiger partial charge is 0.322 e. The Morgan fingerprint density at radius 1 is 1.17 bits per heavy atom. The van der Waals surface area contributed by atoms with E-state index in [-0.39, 0.29) is 6.03 Å². The number of nitrogens with zero attached hydrogens (tertiary/aromatic N) is 2. The lowest BCUT2D eigenvalue weighted by Crippen LogP contribution is -2.38. The number of carbonyl (C=O) groups excluding carboxylic acids is 1. The molecule has 3 aromatic rings. The first-order valence-corrected chi connectivity index (χ1v) is 10.8. The largest absolute Gasteiger partial charge is 0.493 e. The van der Waals surface area contributed by atoms with Gasteiger partial charge in [-0.1, -0.05) is 25.1 Å². The fraction of sp³-hybridized carbons (Fsp3) is 0.304. The highest BCUT2D eigenvalue weighted by Gasteiger charge is 2.25. The van der Waals surface area contributed by atoms with Gasteiger partial charge in [0.1, 0.15) is 5.01 Å². The molecule has 0 unspecified atom stereocenters. The molecule has 2 heterocycles. The summed E-state index contributed by atoms with van der Waals surface area (Å²) >= 11 is 1.63. The summed E-state index contributed by atoms with van der Waals surface area (Å²) in [5.74, 6) is 1.37. The summed E-state index contributed by atoms with van der Waals surface area (Å²) in [7, 11) is 3.25. The number of rotatable bonds is 5. The number of hydrogen-bond acceptors (Lipinski definition) is 5. The minimum Gasteiger partial charge on any atom is -0.493 e. The standard InChI is InChI=1S/C23H25N3O3S/c1-4-15-7-5-6-8-17(15)25-23(27)26-12-11-18-21(14-26)30-22(24-18)16-9-10-19(28-2)20(13-16)29-3/h5-10,13H,4,11-12,14H2,1-3H3,(H,25,27). The lowest BCUT2D eigenvalue weighted by atomic mass is 10.1. The zero-order chi connectivity index (χ0) is 21.1. The van der Waals surface area contributed by atoms with Gasteiger partial charge in [-0.15, -0.1) is 11.3 Å². The Morgan fingerprint density at radius 2 is 1.97 bits per heavy atom. The first kappa shape index (κ1) is 20.2. The van der Waals surface area contributed by atoms with Gasteiger partial charge >= 0.3 is 6.03 Å². The number of hydrogen-bond donors (Lipinski definition) is 1. The fourth-order valence-electron chi connectivity index (χ4n) is 3.61. The highest BCUT2D eigenvalue weighted by molar-refractivity contribution is 7.15. The van der Waals surface area contributed by atoms with Crippen LogP contribution in [0, 0.1) is 0 Å². The van der Waals surface area contributed by atoms with E-state index in [9.17, 15) is 4.79 Å². The van der Waals surface area contributed by atoms with Crippen LogP contribution < -0.4 is 14.8 Å². The molecule has 1 aliphatic heterocycles. The quantitative estimate of drug-likeness (QED) is 0.629. The molecule has 0 aliphatic carbocycles. The number of urea groups is 1. The predicted octanol–water partition coefficient (Wildman–Crippen LogP) is 4.98. The van der Waals surface area contributed by atoms with E-state index >= 15 is 0 Å². The number of fused-ring (bicyclic) bond motifs is 1. The molecule has 1 N–H and O–H groups in total. The van der Waals surface area contributed by atoms with Gasteiger partial charge in [-0.3, -0.25) is 0 Å². The Hall–Kier alpha value is -3.06. The van der Waals surface area contributed by atoms with Gasteiger partial charge in [-0.25, -0.2) is 9.78 Å². The van der Waals surface area contributed by atoms with Crippen LogP contribution in [0.25, 0.3) is 10.6 Å². The average molecular weight is 424 g/mol. The number of nitrogens with one attached hydrogen (secondary N) is 1. The molecule has 156 valence electrons. The maximum Gasteiger partial charge on any atom is 0.322 e. The van der Waals surface area contributed by atoms with E-state index in [1.807, 2.05) is 47.4 Å². The first-order valence-electron chi connectivity index (χ1n) is 9.97. The van der Waals surface area contributed by atoms with Gasteiger partial charge < -0.3 is 19.7 Å². The molecule has 1 aromatic heterocycles. The van der Waals surface area contributed by atoms with Gasteiger partial charge in [0.05, 0.1) is 26.5 Å². The van der Waals surface area contributed by atoms with Crippen molar-refractivity contribution in [3.05, 3.63) is 58.6 Å². The summed E-state index contributed by atoms with van der Waals surface area (Å²) in [6.07, 6.45) is 1.63. The van der Waals surface area contributed by atoms with E-state index < -0.39 is 0 Å². The van der Waals surface area contributed by atoms with Crippen LogP contribution in [0.2, 0.25) is 0 Å². The van der Waals surface area contributed by atoms with Crippen molar-refractivity contribution in [2.45, 2.75) is 26.3 Å². The van der Waals surface area contributed by atoms with E-state index in [2.05, 4.69) is 12.2 Å². The van der Waals surface area contributed by atoms with Crippen molar-refractivity contribution in [2.24, 2.45) is 0 Å². The Morgan fingerprint density at radius 3 is 2.73 bits per heavy atom. The van der Waals surface area contributed by atoms with Gasteiger partial charge in [0.15, 0.2) is 11.5 Å². The summed E-state index contributed by atoms with van der Waals surface area (Å²) in [4.78, 5) is 20.6. The number of para-hydroxylation sites is 1. The summed E-state index contributed by atoms with van der Waals surface area (Å²) in [6, 6.07) is 13.7. The highest BCUT2D eigenvalue weighted by atomic mass is 32.1. The van der Waals surface area contributed by atoms with Crippen molar-refractivity contribution in [1.82, 2.24) is 9.88 Å². The molecule has 2 aromatic carbocycles. The van der Waals surface area contributed by atoms with Crippen LogP contribution >= 0.6 is 11.3 Å². The predicted molar refractivity (Wildman–Crippen MR) is 120 cm³/mol. The molecule has 30 heavy (non-hydrogen) atoms. The molecule has 0 saturated carbocycles. The number of anilines is 1. The molecule has 0 spiro atoms. The van der Waals surface area contributed by atoms with Crippen LogP contribution in [0.4, 0.5) is 10.5 Å². The molecular weight excluding hydrogens is 398 g/mol. The number of thiazole rings is 1. The molecule has 4 rings (SSSR count). The molecular formula is C23H25N3O3S. The number of carbonyl (C=O) groups is 1. The summed E-state index contributed by atoms with van der Waals surface area (Å²) in [6.45, 7) is 3.31. The molecule has 2 amide bonds. The van der Waals surface area contributed by atoms with Gasteiger partial charge in [0, 0.05) is 29.1 Å². The number of benzene rings is 2. The van der Waals surface area contributed by atoms with Crippen LogP contribution in [-0.4, -0.2) is 36.7 Å². The van der Waals surface area contributed by atoms with Crippen molar-refractivity contribution < 1.29 is 14.3 Å². The van der Waals surface area contributed by atoms with E-state index in [1.54, 1.807) is 25.6 Å². The Bertz CT molecular complexity index is 1060. The van der Waals surface area contributed by atoms with Crippen molar-refractivity contribution in [3.63, 3.8) is 0 Å². The number of amides is 2. The van der Waals surface area contributed by atoms with Crippen molar-refractivity contribution in [3.8, 4) is 22.1 Å². The van der Waals surface area contributed by atoms with Crippen LogP contribution in [0.15, 0.2) is 42.5 Å². The van der Waals surface area contributed by atoms with Crippen molar-refractivity contribution in [2.75, 3.05) is 26.1 Å². The SMILES string of the molecule is CCc1ccccc1NC(=O)N1CCc2nc(-c3ccc(OC)c(OC)c3)sc2C1. The molecule has 1 aliphatic rings. The first-order chi connectivity index (χ1) is 14.6. The third-order valence-corrected chi connectivity index (χ3v) is 6.42. The van der Waals surface area contributed by atoms with Crippen LogP contribution in [0.5, 0.6) is 11.5 Å².